The van der Waals surface area contributed by atoms with Gasteiger partial charge in [0, 0.05) is 43.4 Å². The van der Waals surface area contributed by atoms with Crippen molar-refractivity contribution in [2.75, 3.05) is 29.9 Å². The fraction of sp³-hybridized carbons (Fsp3) is 0.429. The maximum Gasteiger partial charge on any atom is 0.266 e. The lowest BCUT2D eigenvalue weighted by Crippen LogP contribution is -2.34. The first-order valence-corrected chi connectivity index (χ1v) is 10.1. The quantitative estimate of drug-likeness (QED) is 0.534. The van der Waals surface area contributed by atoms with Crippen LogP contribution in [0.25, 0.3) is 5.65 Å². The molecule has 1 saturated heterocycles. The molecule has 8 nitrogen and oxygen atoms in total. The zero-order chi connectivity index (χ0) is 21.8. The van der Waals surface area contributed by atoms with Crippen LogP contribution >= 0.6 is 0 Å². The van der Waals surface area contributed by atoms with Crippen LogP contribution in [-0.2, 0) is 6.42 Å². The van der Waals surface area contributed by atoms with Crippen molar-refractivity contribution in [3.63, 3.8) is 0 Å². The van der Waals surface area contributed by atoms with Gasteiger partial charge in [0.25, 0.3) is 5.92 Å². The van der Waals surface area contributed by atoms with Crippen molar-refractivity contribution in [1.82, 2.24) is 14.6 Å². The van der Waals surface area contributed by atoms with E-state index >= 15 is 0 Å². The zero-order valence-electron chi connectivity index (χ0n) is 16.9. The molecule has 1 unspecified atom stereocenters. The van der Waals surface area contributed by atoms with Crippen molar-refractivity contribution in [3.05, 3.63) is 47.9 Å². The van der Waals surface area contributed by atoms with E-state index in [0.29, 0.717) is 34.8 Å². The molecule has 4 heterocycles. The highest BCUT2D eigenvalue weighted by Gasteiger charge is 2.41. The Hall–Kier alpha value is -2.98. The molecule has 2 aliphatic rings. The summed E-state index contributed by atoms with van der Waals surface area (Å²) in [6.07, 6.45) is 3.92. The summed E-state index contributed by atoms with van der Waals surface area (Å²) >= 11 is 0. The minimum absolute atomic E-state index is 0.168. The minimum atomic E-state index is -2.78. The van der Waals surface area contributed by atoms with Crippen LogP contribution in [0.15, 0.2) is 36.8 Å². The maximum absolute atomic E-state index is 13.9. The van der Waals surface area contributed by atoms with E-state index in [-0.39, 0.29) is 19.6 Å². The number of halogens is 2. The third-order valence-electron chi connectivity index (χ3n) is 5.84. The van der Waals surface area contributed by atoms with Crippen LogP contribution in [0.4, 0.5) is 20.2 Å². The first kappa shape index (κ1) is 20.0. The fourth-order valence-corrected chi connectivity index (χ4v) is 4.22. The van der Waals surface area contributed by atoms with E-state index in [9.17, 15) is 19.0 Å². The van der Waals surface area contributed by atoms with Gasteiger partial charge in [0.2, 0.25) is 0 Å². The molecule has 2 aromatic heterocycles. The molecule has 1 aromatic carbocycles. The van der Waals surface area contributed by atoms with Crippen LogP contribution in [0.3, 0.4) is 0 Å². The summed E-state index contributed by atoms with van der Waals surface area (Å²) < 4.78 is 35.3. The van der Waals surface area contributed by atoms with Crippen LogP contribution in [0, 0.1) is 0 Å². The number of anilines is 2. The number of hydrogen-bond donors (Lipinski definition) is 3. The highest BCUT2D eigenvalue weighted by Crippen LogP contribution is 2.44. The number of nitrogens with zero attached hydrogens (tertiary/aromatic N) is 4. The van der Waals surface area contributed by atoms with E-state index in [0.717, 1.165) is 5.56 Å². The van der Waals surface area contributed by atoms with Gasteiger partial charge in [-0.2, -0.15) is 5.10 Å². The molecule has 0 bridgehead atoms. The lowest BCUT2D eigenvalue weighted by molar-refractivity contribution is 0.0257. The SMILES string of the molecule is C[C@@]1(CO)Cc2cc(NC(O)c3cnn4cccnc34)c(N3CCC(F)(F)C3)cc2O1. The van der Waals surface area contributed by atoms with Gasteiger partial charge >= 0.3 is 0 Å². The second kappa shape index (κ2) is 7.03. The van der Waals surface area contributed by atoms with Gasteiger partial charge in [-0.05, 0) is 19.1 Å². The van der Waals surface area contributed by atoms with Crippen molar-refractivity contribution in [1.29, 1.82) is 0 Å². The molecule has 3 N–H and O–H groups in total. The van der Waals surface area contributed by atoms with E-state index in [4.69, 9.17) is 4.74 Å². The predicted molar refractivity (Wildman–Crippen MR) is 110 cm³/mol. The van der Waals surface area contributed by atoms with Crippen LogP contribution in [0.5, 0.6) is 5.75 Å². The minimum Gasteiger partial charge on any atom is -0.484 e. The van der Waals surface area contributed by atoms with E-state index in [1.54, 1.807) is 46.9 Å². The molecule has 0 saturated carbocycles. The number of rotatable bonds is 5. The second-order valence-corrected chi connectivity index (χ2v) is 8.43. The molecular weight excluding hydrogens is 408 g/mol. The zero-order valence-corrected chi connectivity index (χ0v) is 16.9. The first-order valence-electron chi connectivity index (χ1n) is 10.1. The number of aliphatic hydroxyl groups excluding tert-OH is 2. The summed E-state index contributed by atoms with van der Waals surface area (Å²) in [5.74, 6) is -2.22. The summed E-state index contributed by atoms with van der Waals surface area (Å²) in [5, 5.41) is 27.8. The predicted octanol–water partition coefficient (Wildman–Crippen LogP) is 2.36. The lowest BCUT2D eigenvalue weighted by atomic mass is 9.99. The highest BCUT2D eigenvalue weighted by atomic mass is 19.3. The Kier molecular flexibility index (Phi) is 4.52. The summed E-state index contributed by atoms with van der Waals surface area (Å²) in [7, 11) is 0. The van der Waals surface area contributed by atoms with E-state index < -0.39 is 24.3 Å². The molecule has 164 valence electrons. The van der Waals surface area contributed by atoms with Gasteiger partial charge in [-0.3, -0.25) is 0 Å². The number of benzene rings is 1. The third kappa shape index (κ3) is 3.55. The highest BCUT2D eigenvalue weighted by molar-refractivity contribution is 5.75. The number of ether oxygens (including phenoxy) is 1. The molecule has 0 amide bonds. The summed E-state index contributed by atoms with van der Waals surface area (Å²) in [6.45, 7) is 1.40. The molecule has 2 atom stereocenters. The Morgan fingerprint density at radius 3 is 2.94 bits per heavy atom. The second-order valence-electron chi connectivity index (χ2n) is 8.43. The number of fused-ring (bicyclic) bond motifs is 2. The van der Waals surface area contributed by atoms with Crippen molar-refractivity contribution < 1.29 is 23.7 Å². The van der Waals surface area contributed by atoms with E-state index in [1.807, 2.05) is 0 Å². The van der Waals surface area contributed by atoms with E-state index in [1.165, 1.54) is 6.20 Å². The summed E-state index contributed by atoms with van der Waals surface area (Å²) in [4.78, 5) is 5.84. The molecule has 0 radical (unpaired) electrons. The molecule has 0 aliphatic carbocycles. The van der Waals surface area contributed by atoms with Crippen molar-refractivity contribution in [2.45, 2.75) is 37.5 Å². The van der Waals surface area contributed by atoms with Crippen LogP contribution < -0.4 is 15.0 Å². The number of aromatic nitrogens is 3. The number of alkyl halides is 2. The van der Waals surface area contributed by atoms with Crippen molar-refractivity contribution >= 4 is 17.0 Å². The standard InChI is InChI=1S/C21H23F2N5O3/c1-20(12-29)9-13-7-15(16(8-17(13)31-20)27-6-3-21(22,23)11-27)26-19(30)14-10-25-28-5-2-4-24-18(14)28/h2,4-5,7-8,10,19,26,29-30H,3,6,9,11-12H2,1H3/t19?,20-/m0/s1. The Bertz CT molecular complexity index is 1140. The molecule has 2 aliphatic heterocycles. The summed E-state index contributed by atoms with van der Waals surface area (Å²) in [5.41, 5.74) is 2.05. The summed E-state index contributed by atoms with van der Waals surface area (Å²) in [6, 6.07) is 5.24. The number of nitrogens with one attached hydrogen (secondary N) is 1. The topological polar surface area (TPSA) is 95.1 Å². The molecule has 1 fully saturated rings. The lowest BCUT2D eigenvalue weighted by Gasteiger charge is -2.25. The Morgan fingerprint density at radius 2 is 2.19 bits per heavy atom. The molecule has 31 heavy (non-hydrogen) atoms. The molecule has 5 rings (SSSR count). The van der Waals surface area contributed by atoms with Gasteiger partial charge in [0.15, 0.2) is 11.9 Å². The van der Waals surface area contributed by atoms with Gasteiger partial charge in [0.05, 0.1) is 36.3 Å². The number of hydrogen-bond acceptors (Lipinski definition) is 7. The van der Waals surface area contributed by atoms with Gasteiger partial charge in [-0.1, -0.05) is 0 Å². The number of aliphatic hydroxyl groups is 2. The fourth-order valence-electron chi connectivity index (χ4n) is 4.22. The van der Waals surface area contributed by atoms with Gasteiger partial charge < -0.3 is 25.2 Å². The van der Waals surface area contributed by atoms with Crippen LogP contribution in [0.1, 0.15) is 30.7 Å². The molecule has 0 spiro atoms. The van der Waals surface area contributed by atoms with Crippen LogP contribution in [0.2, 0.25) is 0 Å². The van der Waals surface area contributed by atoms with Gasteiger partial charge in [-0.25, -0.2) is 18.3 Å². The molecule has 10 heteroatoms. The Balaban J connectivity index is 1.51. The normalized spacial score (nSPS) is 23.1. The van der Waals surface area contributed by atoms with Gasteiger partial charge in [-0.15, -0.1) is 0 Å². The average Bonchev–Trinajstić information content (AvgIpc) is 3.41. The first-order chi connectivity index (χ1) is 14.8. The maximum atomic E-state index is 13.9. The third-order valence-corrected chi connectivity index (χ3v) is 5.84. The molecule has 3 aromatic rings. The van der Waals surface area contributed by atoms with E-state index in [2.05, 4.69) is 15.4 Å². The largest absolute Gasteiger partial charge is 0.484 e. The van der Waals surface area contributed by atoms with Crippen molar-refractivity contribution in [3.8, 4) is 5.75 Å². The molecular formula is C21H23F2N5O3. The van der Waals surface area contributed by atoms with Gasteiger partial charge in [0.1, 0.15) is 11.4 Å². The van der Waals surface area contributed by atoms with Crippen LogP contribution in [-0.4, -0.2) is 56.0 Å². The monoisotopic (exact) mass is 431 g/mol. The van der Waals surface area contributed by atoms with Crippen molar-refractivity contribution in [2.24, 2.45) is 0 Å². The smallest absolute Gasteiger partial charge is 0.266 e. The average molecular weight is 431 g/mol. The Morgan fingerprint density at radius 1 is 1.35 bits per heavy atom. The Labute approximate surface area is 177 Å².